The van der Waals surface area contributed by atoms with Gasteiger partial charge < -0.3 is 0 Å². The summed E-state index contributed by atoms with van der Waals surface area (Å²) in [5.74, 6) is 2.44. The van der Waals surface area contributed by atoms with Gasteiger partial charge in [-0.2, -0.15) is 0 Å². The van der Waals surface area contributed by atoms with Gasteiger partial charge in [0.1, 0.15) is 0 Å². The van der Waals surface area contributed by atoms with E-state index in [1.807, 2.05) is 0 Å². The maximum absolute atomic E-state index is 6.12. The van der Waals surface area contributed by atoms with Crippen molar-refractivity contribution < 1.29 is 8.06 Å². The van der Waals surface area contributed by atoms with Crippen LogP contribution < -0.4 is 0 Å². The third-order valence-electron chi connectivity index (χ3n) is 5.04. The van der Waals surface area contributed by atoms with Crippen LogP contribution in [0.15, 0.2) is 0 Å². The standard InChI is InChI=1S/3C8H17O.Tl/c3*1-8(2)6-4-3-5-7-9;/h3*8H,3-7H2,1-2H3;/q3*-1;+3. The van der Waals surface area contributed by atoms with Crippen LogP contribution in [0, 0.1) is 17.8 Å². The Kier molecular flexibility index (Phi) is 21.7. The molecule has 0 unspecified atom stereocenters. The molecule has 0 aromatic rings. The average Bonchev–Trinajstić information content (AvgIpc) is 2.62. The second-order valence-corrected chi connectivity index (χ2v) is 15.8. The van der Waals surface area contributed by atoms with Crippen LogP contribution in [0.3, 0.4) is 0 Å². The van der Waals surface area contributed by atoms with E-state index >= 15 is 0 Å². The summed E-state index contributed by atoms with van der Waals surface area (Å²) in [7, 11) is 0. The van der Waals surface area contributed by atoms with Crippen LogP contribution in [0.4, 0.5) is 0 Å². The summed E-state index contributed by atoms with van der Waals surface area (Å²) in [6.45, 7) is 16.3. The van der Waals surface area contributed by atoms with Crippen LogP contribution >= 0.6 is 0 Å². The van der Waals surface area contributed by atoms with Gasteiger partial charge in [-0.15, -0.1) is 0 Å². The normalized spacial score (nSPS) is 11.9. The van der Waals surface area contributed by atoms with E-state index < -0.39 is 24.1 Å². The van der Waals surface area contributed by atoms with Crippen LogP contribution in [0.5, 0.6) is 0 Å². The molecule has 168 valence electrons. The van der Waals surface area contributed by atoms with Crippen molar-refractivity contribution in [2.24, 2.45) is 17.8 Å². The van der Waals surface area contributed by atoms with Gasteiger partial charge in [-0.3, -0.25) is 0 Å². The molecule has 0 N–H and O–H groups in total. The molecule has 0 saturated heterocycles. The molecule has 3 nitrogen and oxygen atoms in total. The van der Waals surface area contributed by atoms with Gasteiger partial charge in [-0.25, -0.2) is 0 Å². The van der Waals surface area contributed by atoms with Crippen LogP contribution in [0.2, 0.25) is 0 Å². The molecule has 0 aliphatic carbocycles. The van der Waals surface area contributed by atoms with Gasteiger partial charge in [-0.05, 0) is 0 Å². The van der Waals surface area contributed by atoms with E-state index in [2.05, 4.69) is 41.5 Å². The predicted molar refractivity (Wildman–Crippen MR) is 124 cm³/mol. The SMILES string of the molecule is CC(C)CCCCC[O][Tl]([O]CCCCCC(C)C)[O]CCCCCC(C)C. The molecular formula is C24H51O3Tl. The summed E-state index contributed by atoms with van der Waals surface area (Å²) in [5, 5.41) is 0. The zero-order chi connectivity index (χ0) is 21.0. The third-order valence-corrected chi connectivity index (χ3v) is 11.0. The van der Waals surface area contributed by atoms with Crippen molar-refractivity contribution in [3.05, 3.63) is 0 Å². The molecule has 0 saturated carbocycles. The molecule has 28 heavy (non-hydrogen) atoms. The Balaban J connectivity index is 3.89. The van der Waals surface area contributed by atoms with Gasteiger partial charge in [0.05, 0.1) is 0 Å². The van der Waals surface area contributed by atoms with Crippen LogP contribution in [0.25, 0.3) is 0 Å². The van der Waals surface area contributed by atoms with Gasteiger partial charge >= 0.3 is 188 Å². The summed E-state index contributed by atoms with van der Waals surface area (Å²) in [6, 6.07) is 0. The van der Waals surface area contributed by atoms with E-state index in [0.29, 0.717) is 0 Å². The maximum atomic E-state index is 6.12. The fraction of sp³-hybridized carbons (Fsp3) is 1.00. The minimum atomic E-state index is -2.83. The Bertz CT molecular complexity index is 261. The molecule has 4 heteroatoms. The molecule has 0 aromatic carbocycles. The fourth-order valence-corrected chi connectivity index (χ4v) is 8.49. The molecule has 0 fully saturated rings. The summed E-state index contributed by atoms with van der Waals surface area (Å²) < 4.78 is 18.3. The predicted octanol–water partition coefficient (Wildman–Crippen LogP) is 7.67. The van der Waals surface area contributed by atoms with Crippen molar-refractivity contribution in [3.8, 4) is 0 Å². The summed E-state index contributed by atoms with van der Waals surface area (Å²) in [6.07, 6.45) is 15.2. The molecule has 0 aliphatic rings. The number of hydrogen-bond acceptors (Lipinski definition) is 3. The first-order valence-corrected chi connectivity index (χ1v) is 17.8. The Morgan fingerprint density at radius 2 is 0.714 bits per heavy atom. The van der Waals surface area contributed by atoms with Crippen molar-refractivity contribution in [3.63, 3.8) is 0 Å². The van der Waals surface area contributed by atoms with Crippen molar-refractivity contribution in [1.29, 1.82) is 0 Å². The Morgan fingerprint density at radius 3 is 0.964 bits per heavy atom. The topological polar surface area (TPSA) is 27.7 Å². The van der Waals surface area contributed by atoms with Gasteiger partial charge in [0, 0.05) is 0 Å². The summed E-state index contributed by atoms with van der Waals surface area (Å²) >= 11 is -2.83. The van der Waals surface area contributed by atoms with Crippen molar-refractivity contribution in [1.82, 2.24) is 0 Å². The Hall–Kier alpha value is 0.802. The summed E-state index contributed by atoms with van der Waals surface area (Å²) in [4.78, 5) is 0. The van der Waals surface area contributed by atoms with Gasteiger partial charge in [0.2, 0.25) is 0 Å². The van der Waals surface area contributed by atoms with Crippen molar-refractivity contribution >= 4 is 24.1 Å². The van der Waals surface area contributed by atoms with Gasteiger partial charge in [-0.1, -0.05) is 0 Å². The van der Waals surface area contributed by atoms with E-state index in [1.54, 1.807) is 0 Å². The van der Waals surface area contributed by atoms with E-state index in [1.165, 1.54) is 57.8 Å². The molecule has 0 radical (unpaired) electrons. The molecule has 0 aromatic heterocycles. The molecule has 0 aliphatic heterocycles. The Labute approximate surface area is 187 Å². The number of rotatable bonds is 21. The second kappa shape index (κ2) is 21.1. The fourth-order valence-electron chi connectivity index (χ4n) is 3.18. The van der Waals surface area contributed by atoms with Crippen LogP contribution in [0.1, 0.15) is 119 Å². The van der Waals surface area contributed by atoms with E-state index in [9.17, 15) is 0 Å². The molecule has 0 amide bonds. The molecule has 0 bridgehead atoms. The van der Waals surface area contributed by atoms with Crippen molar-refractivity contribution in [2.75, 3.05) is 19.8 Å². The second-order valence-electron chi connectivity index (χ2n) is 9.63. The molecule has 0 rings (SSSR count). The number of hydrogen-bond donors (Lipinski definition) is 0. The third kappa shape index (κ3) is 23.1. The summed E-state index contributed by atoms with van der Waals surface area (Å²) in [5.41, 5.74) is 0. The quantitative estimate of drug-likeness (QED) is 0.101. The minimum absolute atomic E-state index is 0.812. The molecule has 0 heterocycles. The van der Waals surface area contributed by atoms with Crippen LogP contribution in [-0.2, 0) is 8.06 Å². The molecular weight excluding hydrogens is 541 g/mol. The molecule has 0 spiro atoms. The van der Waals surface area contributed by atoms with Gasteiger partial charge in [0.15, 0.2) is 0 Å². The first kappa shape index (κ1) is 28.8. The van der Waals surface area contributed by atoms with Crippen molar-refractivity contribution in [2.45, 2.75) is 119 Å². The number of unbranched alkanes of at least 4 members (excludes halogenated alkanes) is 6. The molecule has 0 atom stereocenters. The van der Waals surface area contributed by atoms with Gasteiger partial charge in [0.25, 0.3) is 0 Å². The first-order valence-electron chi connectivity index (χ1n) is 12.3. The average molecular weight is 592 g/mol. The monoisotopic (exact) mass is 592 g/mol. The zero-order valence-corrected chi connectivity index (χ0v) is 24.6. The van der Waals surface area contributed by atoms with E-state index in [4.69, 9.17) is 8.06 Å². The van der Waals surface area contributed by atoms with E-state index in [-0.39, 0.29) is 0 Å². The van der Waals surface area contributed by atoms with E-state index in [0.717, 1.165) is 56.8 Å². The first-order chi connectivity index (χ1) is 13.4. The van der Waals surface area contributed by atoms with Crippen LogP contribution in [-0.4, -0.2) is 43.9 Å². The Morgan fingerprint density at radius 1 is 0.429 bits per heavy atom. The zero-order valence-electron chi connectivity index (χ0n) is 20.1.